The van der Waals surface area contributed by atoms with Gasteiger partial charge in [0.1, 0.15) is 11.4 Å². The van der Waals surface area contributed by atoms with Crippen LogP contribution >= 0.6 is 0 Å². The number of hydrogen-bond acceptors (Lipinski definition) is 2. The van der Waals surface area contributed by atoms with Gasteiger partial charge in [-0.2, -0.15) is 0 Å². The standard InChI is InChI=1S/C49H31N3O/c1-3-13-32(14-4-1)35-29-30-39-38-17-7-9-21-42(38)52(45(39)31-35)44-23-11-19-40-47-37(18-12-24-46(47)53-48(40)44)33-25-27-34(28-26-33)49-50-41-20-8-10-22-43(41)51(49)36-15-5-2-6-16-36/h1-31H. The molecule has 0 unspecified atom stereocenters. The first-order valence-corrected chi connectivity index (χ1v) is 18.0. The molecular weight excluding hydrogens is 647 g/mol. The summed E-state index contributed by atoms with van der Waals surface area (Å²) >= 11 is 0. The Labute approximate surface area is 305 Å². The third-order valence-electron chi connectivity index (χ3n) is 10.6. The first kappa shape index (κ1) is 29.5. The largest absolute Gasteiger partial charge is 0.454 e. The van der Waals surface area contributed by atoms with Crippen molar-refractivity contribution in [3.8, 4) is 45.0 Å². The van der Waals surface area contributed by atoms with Gasteiger partial charge in [-0.1, -0.05) is 140 Å². The number of fused-ring (bicyclic) bond motifs is 7. The Kier molecular flexibility index (Phi) is 6.52. The molecule has 8 aromatic carbocycles. The van der Waals surface area contributed by atoms with E-state index in [1.165, 1.54) is 21.9 Å². The van der Waals surface area contributed by atoms with E-state index < -0.39 is 0 Å². The van der Waals surface area contributed by atoms with Gasteiger partial charge in [-0.15, -0.1) is 0 Å². The molecule has 3 heterocycles. The number of imidazole rings is 1. The molecule has 0 aliphatic rings. The van der Waals surface area contributed by atoms with Gasteiger partial charge in [0.25, 0.3) is 0 Å². The van der Waals surface area contributed by atoms with Crippen LogP contribution in [-0.4, -0.2) is 14.1 Å². The number of rotatable bonds is 5. The van der Waals surface area contributed by atoms with E-state index in [1.807, 2.05) is 12.1 Å². The minimum absolute atomic E-state index is 0.866. The lowest BCUT2D eigenvalue weighted by Gasteiger charge is -2.11. The molecule has 53 heavy (non-hydrogen) atoms. The van der Waals surface area contributed by atoms with Crippen LogP contribution in [0.25, 0.3) is 99.8 Å². The predicted molar refractivity (Wildman–Crippen MR) is 219 cm³/mol. The van der Waals surface area contributed by atoms with E-state index in [2.05, 4.69) is 185 Å². The number of furan rings is 1. The Balaban J connectivity index is 1.08. The molecule has 0 radical (unpaired) electrons. The van der Waals surface area contributed by atoms with Gasteiger partial charge in [0.15, 0.2) is 5.58 Å². The van der Waals surface area contributed by atoms with Crippen LogP contribution in [-0.2, 0) is 0 Å². The Hall–Kier alpha value is -7.17. The van der Waals surface area contributed by atoms with Crippen molar-refractivity contribution in [1.29, 1.82) is 0 Å². The van der Waals surface area contributed by atoms with Gasteiger partial charge in [-0.25, -0.2) is 4.98 Å². The third-order valence-corrected chi connectivity index (χ3v) is 10.6. The Bertz CT molecular complexity index is 3150. The lowest BCUT2D eigenvalue weighted by molar-refractivity contribution is 0.666. The number of para-hydroxylation sites is 5. The van der Waals surface area contributed by atoms with Crippen LogP contribution in [0.2, 0.25) is 0 Å². The summed E-state index contributed by atoms with van der Waals surface area (Å²) in [6.07, 6.45) is 0. The maximum absolute atomic E-state index is 6.84. The van der Waals surface area contributed by atoms with Crippen molar-refractivity contribution in [3.63, 3.8) is 0 Å². The molecular formula is C49H31N3O. The van der Waals surface area contributed by atoms with Crippen LogP contribution in [0.1, 0.15) is 0 Å². The molecule has 0 bridgehead atoms. The van der Waals surface area contributed by atoms with Gasteiger partial charge in [-0.3, -0.25) is 4.57 Å². The lowest BCUT2D eigenvalue weighted by Crippen LogP contribution is -1.97. The van der Waals surface area contributed by atoms with Gasteiger partial charge in [-0.05, 0) is 70.8 Å². The van der Waals surface area contributed by atoms with Crippen molar-refractivity contribution in [2.75, 3.05) is 0 Å². The third kappa shape index (κ3) is 4.59. The second kappa shape index (κ2) is 11.7. The van der Waals surface area contributed by atoms with Gasteiger partial charge in [0, 0.05) is 32.8 Å². The minimum Gasteiger partial charge on any atom is -0.454 e. The molecule has 0 aliphatic heterocycles. The smallest absolute Gasteiger partial charge is 0.159 e. The zero-order valence-electron chi connectivity index (χ0n) is 28.6. The highest BCUT2D eigenvalue weighted by Gasteiger charge is 2.20. The van der Waals surface area contributed by atoms with E-state index in [0.29, 0.717) is 0 Å². The summed E-state index contributed by atoms with van der Waals surface area (Å²) in [5, 5.41) is 4.64. The summed E-state index contributed by atoms with van der Waals surface area (Å²) in [5.41, 5.74) is 13.9. The van der Waals surface area contributed by atoms with Gasteiger partial charge in [0.2, 0.25) is 0 Å². The second-order valence-corrected chi connectivity index (χ2v) is 13.6. The quantitative estimate of drug-likeness (QED) is 0.182. The fraction of sp³-hybridized carbons (Fsp3) is 0. The van der Waals surface area contributed by atoms with Crippen LogP contribution in [0.15, 0.2) is 192 Å². The SMILES string of the molecule is c1ccc(-c2ccc3c4ccccc4n(-c4cccc5c4oc4cccc(-c6ccc(-c7nc8ccccc8n7-c7ccccc7)cc6)c45)c3c2)cc1. The van der Waals surface area contributed by atoms with Crippen LogP contribution < -0.4 is 0 Å². The van der Waals surface area contributed by atoms with Crippen LogP contribution in [0.4, 0.5) is 0 Å². The normalized spacial score (nSPS) is 11.8. The van der Waals surface area contributed by atoms with E-state index in [9.17, 15) is 0 Å². The molecule has 0 N–H and O–H groups in total. The van der Waals surface area contributed by atoms with E-state index in [1.54, 1.807) is 0 Å². The molecule has 0 fully saturated rings. The topological polar surface area (TPSA) is 35.9 Å². The van der Waals surface area contributed by atoms with E-state index >= 15 is 0 Å². The number of benzene rings is 8. The molecule has 0 saturated heterocycles. The van der Waals surface area contributed by atoms with Crippen LogP contribution in [0.5, 0.6) is 0 Å². The molecule has 248 valence electrons. The number of aromatic nitrogens is 3. The van der Waals surface area contributed by atoms with Crippen molar-refractivity contribution >= 4 is 54.8 Å². The number of hydrogen-bond donors (Lipinski definition) is 0. The fourth-order valence-corrected chi connectivity index (χ4v) is 8.15. The molecule has 0 atom stereocenters. The molecule has 3 aromatic heterocycles. The maximum Gasteiger partial charge on any atom is 0.159 e. The van der Waals surface area contributed by atoms with E-state index in [-0.39, 0.29) is 0 Å². The van der Waals surface area contributed by atoms with Crippen molar-refractivity contribution in [2.45, 2.75) is 0 Å². The molecule has 0 amide bonds. The molecule has 4 nitrogen and oxygen atoms in total. The van der Waals surface area contributed by atoms with Crippen molar-refractivity contribution in [1.82, 2.24) is 14.1 Å². The highest BCUT2D eigenvalue weighted by molar-refractivity contribution is 6.16. The second-order valence-electron chi connectivity index (χ2n) is 13.6. The summed E-state index contributed by atoms with van der Waals surface area (Å²) < 4.78 is 11.5. The molecule has 0 saturated carbocycles. The van der Waals surface area contributed by atoms with Crippen LogP contribution in [0.3, 0.4) is 0 Å². The molecule has 0 spiro atoms. The van der Waals surface area contributed by atoms with Crippen molar-refractivity contribution in [2.24, 2.45) is 0 Å². The Morgan fingerprint density at radius 2 is 1.08 bits per heavy atom. The maximum atomic E-state index is 6.84. The van der Waals surface area contributed by atoms with Crippen molar-refractivity contribution < 1.29 is 4.42 Å². The number of nitrogens with zero attached hydrogens (tertiary/aromatic N) is 3. The first-order valence-electron chi connectivity index (χ1n) is 18.0. The highest BCUT2D eigenvalue weighted by Crippen LogP contribution is 2.42. The lowest BCUT2D eigenvalue weighted by atomic mass is 9.98. The summed E-state index contributed by atoms with van der Waals surface area (Å²) in [4.78, 5) is 5.09. The van der Waals surface area contributed by atoms with Gasteiger partial charge in [0.05, 0.1) is 27.8 Å². The van der Waals surface area contributed by atoms with Gasteiger partial charge >= 0.3 is 0 Å². The van der Waals surface area contributed by atoms with E-state index in [0.717, 1.165) is 77.9 Å². The molecule has 0 aliphatic carbocycles. The summed E-state index contributed by atoms with van der Waals surface area (Å²) in [5.74, 6) is 0.919. The summed E-state index contributed by atoms with van der Waals surface area (Å²) in [6, 6.07) is 66.5. The predicted octanol–water partition coefficient (Wildman–Crippen LogP) is 13.0. The zero-order valence-corrected chi connectivity index (χ0v) is 28.6. The fourth-order valence-electron chi connectivity index (χ4n) is 8.15. The zero-order chi connectivity index (χ0) is 34.9. The average molecular weight is 678 g/mol. The summed E-state index contributed by atoms with van der Waals surface area (Å²) in [6.45, 7) is 0. The first-order chi connectivity index (χ1) is 26.3. The van der Waals surface area contributed by atoms with Gasteiger partial charge < -0.3 is 8.98 Å². The molecule has 11 rings (SSSR count). The minimum atomic E-state index is 0.866. The molecule has 11 aromatic rings. The molecule has 4 heteroatoms. The summed E-state index contributed by atoms with van der Waals surface area (Å²) in [7, 11) is 0. The van der Waals surface area contributed by atoms with E-state index in [4.69, 9.17) is 9.40 Å². The highest BCUT2D eigenvalue weighted by atomic mass is 16.3. The van der Waals surface area contributed by atoms with Crippen LogP contribution in [0, 0.1) is 0 Å². The average Bonchev–Trinajstić information content (AvgIpc) is 3.91. The Morgan fingerprint density at radius 1 is 0.415 bits per heavy atom. The monoisotopic (exact) mass is 677 g/mol. The van der Waals surface area contributed by atoms with Crippen molar-refractivity contribution in [3.05, 3.63) is 188 Å². The Morgan fingerprint density at radius 3 is 1.92 bits per heavy atom.